The Morgan fingerprint density at radius 2 is 2.31 bits per heavy atom. The number of ether oxygens (including phenoxy) is 1. The van der Waals surface area contributed by atoms with Gasteiger partial charge in [0.2, 0.25) is 5.91 Å². The fourth-order valence-corrected chi connectivity index (χ4v) is 1.93. The zero-order chi connectivity index (χ0) is 10.1. The Kier molecular flexibility index (Phi) is 2.93. The zero-order valence-corrected chi connectivity index (χ0v) is 8.54. The summed E-state index contributed by atoms with van der Waals surface area (Å²) in [5.74, 6) is -0.273. The second-order valence-electron chi connectivity index (χ2n) is 4.32. The number of carbonyl (C=O) groups excluding carboxylic acids is 1. The highest BCUT2D eigenvalue weighted by Crippen LogP contribution is 2.19. The van der Waals surface area contributed by atoms with Gasteiger partial charge in [0.1, 0.15) is 0 Å². The van der Waals surface area contributed by atoms with E-state index >= 15 is 0 Å². The van der Waals surface area contributed by atoms with Crippen molar-refractivity contribution in [1.82, 2.24) is 4.90 Å². The van der Waals surface area contributed by atoms with E-state index in [0.29, 0.717) is 6.54 Å². The van der Waals surface area contributed by atoms with E-state index in [1.807, 2.05) is 25.7 Å². The monoisotopic (exact) mass is 186 g/mol. The highest BCUT2D eigenvalue weighted by molar-refractivity contribution is 5.75. The first-order valence-corrected chi connectivity index (χ1v) is 4.57. The fourth-order valence-electron chi connectivity index (χ4n) is 1.93. The maximum Gasteiger partial charge on any atom is 0.231 e. The van der Waals surface area contributed by atoms with Crippen LogP contribution in [0, 0.1) is 0 Å². The van der Waals surface area contributed by atoms with Crippen molar-refractivity contribution >= 4 is 5.91 Å². The maximum atomic E-state index is 10.7. The van der Waals surface area contributed by atoms with Crippen LogP contribution in [0.1, 0.15) is 20.8 Å². The molecular weight excluding hydrogens is 168 g/mol. The third-order valence-electron chi connectivity index (χ3n) is 2.02. The first-order chi connectivity index (χ1) is 5.89. The van der Waals surface area contributed by atoms with Gasteiger partial charge in [-0.25, -0.2) is 0 Å². The Bertz CT molecular complexity index is 204. The average Bonchev–Trinajstić information content (AvgIpc) is 1.78. The average molecular weight is 186 g/mol. The Labute approximate surface area is 79.0 Å². The lowest BCUT2D eigenvalue weighted by molar-refractivity contribution is -0.137. The van der Waals surface area contributed by atoms with Gasteiger partial charge >= 0.3 is 0 Å². The molecule has 4 nitrogen and oxygen atoms in total. The minimum atomic E-state index is -0.273. The van der Waals surface area contributed by atoms with Crippen molar-refractivity contribution in [3.63, 3.8) is 0 Å². The first-order valence-electron chi connectivity index (χ1n) is 4.57. The summed E-state index contributed by atoms with van der Waals surface area (Å²) in [7, 11) is 0. The van der Waals surface area contributed by atoms with Crippen molar-refractivity contribution < 1.29 is 9.53 Å². The number of nitrogens with two attached hydrogens (primary N) is 1. The molecule has 13 heavy (non-hydrogen) atoms. The van der Waals surface area contributed by atoms with Crippen LogP contribution in [0.3, 0.4) is 0 Å². The Hall–Kier alpha value is -0.610. The molecule has 1 rings (SSSR count). The molecule has 1 heterocycles. The summed E-state index contributed by atoms with van der Waals surface area (Å²) in [6.45, 7) is 7.94. The van der Waals surface area contributed by atoms with Crippen LogP contribution < -0.4 is 5.73 Å². The predicted octanol–water partition coefficient (Wildman–Crippen LogP) is -0.0290. The number of morpholine rings is 1. The third-order valence-corrected chi connectivity index (χ3v) is 2.02. The lowest BCUT2D eigenvalue weighted by atomic mass is 10.1. The second-order valence-corrected chi connectivity index (χ2v) is 4.32. The quantitative estimate of drug-likeness (QED) is 0.659. The Morgan fingerprint density at radius 1 is 1.69 bits per heavy atom. The lowest BCUT2D eigenvalue weighted by Crippen LogP contribution is -2.53. The van der Waals surface area contributed by atoms with Crippen LogP contribution in [0.2, 0.25) is 0 Å². The van der Waals surface area contributed by atoms with Crippen molar-refractivity contribution in [2.75, 3.05) is 19.6 Å². The molecule has 0 aliphatic carbocycles. The Balaban J connectivity index is 2.52. The Morgan fingerprint density at radius 3 is 2.77 bits per heavy atom. The number of rotatable bonds is 2. The number of primary amides is 1. The molecular formula is C9H18N2O2. The van der Waals surface area contributed by atoms with Gasteiger partial charge in [-0.15, -0.1) is 0 Å². The van der Waals surface area contributed by atoms with Crippen LogP contribution in [0.15, 0.2) is 0 Å². The van der Waals surface area contributed by atoms with Gasteiger partial charge in [0.15, 0.2) is 0 Å². The van der Waals surface area contributed by atoms with Crippen LogP contribution in [0.25, 0.3) is 0 Å². The van der Waals surface area contributed by atoms with Crippen molar-refractivity contribution in [2.24, 2.45) is 5.73 Å². The number of amides is 1. The molecule has 1 saturated heterocycles. The normalized spacial score (nSPS) is 28.7. The molecule has 0 spiro atoms. The van der Waals surface area contributed by atoms with Crippen molar-refractivity contribution in [1.29, 1.82) is 0 Å². The molecule has 0 aromatic rings. The fraction of sp³-hybridized carbons (Fsp3) is 0.889. The minimum absolute atomic E-state index is 0.170. The molecule has 0 aromatic carbocycles. The SMILES string of the molecule is CC1CN(CC(N)=O)CC(C)(C)O1. The third kappa shape index (κ3) is 3.32. The minimum Gasteiger partial charge on any atom is -0.370 e. The molecule has 1 amide bonds. The molecule has 0 bridgehead atoms. The smallest absolute Gasteiger partial charge is 0.231 e. The topological polar surface area (TPSA) is 55.6 Å². The van der Waals surface area contributed by atoms with Gasteiger partial charge < -0.3 is 10.5 Å². The number of hydrogen-bond acceptors (Lipinski definition) is 3. The van der Waals surface area contributed by atoms with E-state index in [2.05, 4.69) is 0 Å². The summed E-state index contributed by atoms with van der Waals surface area (Å²) < 4.78 is 5.69. The largest absolute Gasteiger partial charge is 0.370 e. The molecule has 76 valence electrons. The van der Waals surface area contributed by atoms with E-state index < -0.39 is 0 Å². The second kappa shape index (κ2) is 3.64. The van der Waals surface area contributed by atoms with Crippen LogP contribution >= 0.6 is 0 Å². The van der Waals surface area contributed by atoms with E-state index in [0.717, 1.165) is 13.1 Å². The van der Waals surface area contributed by atoms with Crippen molar-refractivity contribution in [2.45, 2.75) is 32.5 Å². The van der Waals surface area contributed by atoms with E-state index in [-0.39, 0.29) is 17.6 Å². The van der Waals surface area contributed by atoms with Crippen LogP contribution in [-0.4, -0.2) is 42.1 Å². The molecule has 1 unspecified atom stereocenters. The van der Waals surface area contributed by atoms with E-state index in [4.69, 9.17) is 10.5 Å². The number of carbonyl (C=O) groups is 1. The van der Waals surface area contributed by atoms with Crippen molar-refractivity contribution in [3.05, 3.63) is 0 Å². The lowest BCUT2D eigenvalue weighted by Gasteiger charge is -2.41. The summed E-state index contributed by atoms with van der Waals surface area (Å²) in [6.07, 6.45) is 0.170. The molecule has 0 saturated carbocycles. The predicted molar refractivity (Wildman–Crippen MR) is 50.3 cm³/mol. The highest BCUT2D eigenvalue weighted by Gasteiger charge is 2.31. The molecule has 0 aromatic heterocycles. The van der Waals surface area contributed by atoms with Gasteiger partial charge in [0.25, 0.3) is 0 Å². The standard InChI is InChI=1S/C9H18N2O2/c1-7-4-11(5-8(10)12)6-9(2,3)13-7/h7H,4-6H2,1-3H3,(H2,10,12). The van der Waals surface area contributed by atoms with Gasteiger partial charge in [0.05, 0.1) is 18.2 Å². The van der Waals surface area contributed by atoms with Crippen LogP contribution in [0.4, 0.5) is 0 Å². The summed E-state index contributed by atoms with van der Waals surface area (Å²) in [5.41, 5.74) is 4.96. The summed E-state index contributed by atoms with van der Waals surface area (Å²) in [6, 6.07) is 0. The zero-order valence-electron chi connectivity index (χ0n) is 8.54. The number of nitrogens with zero attached hydrogens (tertiary/aromatic N) is 1. The highest BCUT2D eigenvalue weighted by atomic mass is 16.5. The molecule has 1 fully saturated rings. The maximum absolute atomic E-state index is 10.7. The van der Waals surface area contributed by atoms with Gasteiger partial charge in [-0.1, -0.05) is 0 Å². The van der Waals surface area contributed by atoms with Crippen molar-refractivity contribution in [3.8, 4) is 0 Å². The molecule has 0 radical (unpaired) electrons. The van der Waals surface area contributed by atoms with Crippen LogP contribution in [-0.2, 0) is 9.53 Å². The van der Waals surface area contributed by atoms with E-state index in [1.54, 1.807) is 0 Å². The van der Waals surface area contributed by atoms with E-state index in [1.165, 1.54) is 0 Å². The summed E-state index contributed by atoms with van der Waals surface area (Å²) in [4.78, 5) is 12.8. The summed E-state index contributed by atoms with van der Waals surface area (Å²) >= 11 is 0. The molecule has 4 heteroatoms. The first kappa shape index (κ1) is 10.5. The molecule has 2 N–H and O–H groups in total. The van der Waals surface area contributed by atoms with Gasteiger partial charge in [0, 0.05) is 13.1 Å². The van der Waals surface area contributed by atoms with Gasteiger partial charge in [-0.2, -0.15) is 0 Å². The summed E-state index contributed by atoms with van der Waals surface area (Å²) in [5, 5.41) is 0. The molecule has 1 aliphatic rings. The molecule has 1 aliphatic heterocycles. The molecule has 1 atom stereocenters. The van der Waals surface area contributed by atoms with E-state index in [9.17, 15) is 4.79 Å². The number of hydrogen-bond donors (Lipinski definition) is 1. The van der Waals surface area contributed by atoms with Gasteiger partial charge in [-0.3, -0.25) is 9.69 Å². The van der Waals surface area contributed by atoms with Crippen LogP contribution in [0.5, 0.6) is 0 Å². The van der Waals surface area contributed by atoms with Gasteiger partial charge in [-0.05, 0) is 20.8 Å².